The molecular formula is C15H20O3. The molecule has 0 N–H and O–H groups in total. The zero-order chi connectivity index (χ0) is 13.0. The average molecular weight is 248 g/mol. The van der Waals surface area contributed by atoms with Gasteiger partial charge in [-0.2, -0.15) is 0 Å². The lowest BCUT2D eigenvalue weighted by Crippen LogP contribution is -2.23. The molecule has 1 aromatic carbocycles. The first-order chi connectivity index (χ1) is 8.72. The number of ether oxygens (including phenoxy) is 2. The molecule has 3 heteroatoms. The zero-order valence-corrected chi connectivity index (χ0v) is 11.0. The van der Waals surface area contributed by atoms with Crippen LogP contribution in [0.3, 0.4) is 0 Å². The molecule has 18 heavy (non-hydrogen) atoms. The maximum absolute atomic E-state index is 11.4. The fourth-order valence-corrected chi connectivity index (χ4v) is 2.00. The Labute approximate surface area is 108 Å². The second-order valence-electron chi connectivity index (χ2n) is 4.74. The molecule has 98 valence electrons. The van der Waals surface area contributed by atoms with Crippen molar-refractivity contribution in [2.75, 3.05) is 13.2 Å². The van der Waals surface area contributed by atoms with E-state index in [1.165, 1.54) is 11.1 Å². The topological polar surface area (TPSA) is 35.5 Å². The first kappa shape index (κ1) is 13.1. The third-order valence-corrected chi connectivity index (χ3v) is 3.47. The lowest BCUT2D eigenvalue weighted by Gasteiger charge is -2.29. The molecule has 3 nitrogen and oxygen atoms in total. The van der Waals surface area contributed by atoms with E-state index < -0.39 is 0 Å². The summed E-state index contributed by atoms with van der Waals surface area (Å²) in [6.07, 6.45) is 1.97. The molecule has 2 rings (SSSR count). The van der Waals surface area contributed by atoms with Crippen LogP contribution in [0.1, 0.15) is 37.5 Å². The van der Waals surface area contributed by atoms with Crippen LogP contribution in [0.15, 0.2) is 24.3 Å². The van der Waals surface area contributed by atoms with Gasteiger partial charge in [0.2, 0.25) is 0 Å². The van der Waals surface area contributed by atoms with Crippen LogP contribution in [-0.2, 0) is 20.7 Å². The highest BCUT2D eigenvalue weighted by molar-refractivity contribution is 5.71. The van der Waals surface area contributed by atoms with Gasteiger partial charge in [-0.1, -0.05) is 38.1 Å². The highest BCUT2D eigenvalue weighted by Gasteiger charge is 2.25. The maximum atomic E-state index is 11.4. The summed E-state index contributed by atoms with van der Waals surface area (Å²) in [5.74, 6) is -0.149. The van der Waals surface area contributed by atoms with Gasteiger partial charge in [0.1, 0.15) is 6.61 Å². The van der Waals surface area contributed by atoms with Crippen LogP contribution in [0, 0.1) is 5.92 Å². The summed E-state index contributed by atoms with van der Waals surface area (Å²) in [5.41, 5.74) is 2.63. The number of hydrogen-bond donors (Lipinski definition) is 0. The average Bonchev–Trinajstić information content (AvgIpc) is 2.37. The largest absolute Gasteiger partial charge is 0.463 e. The molecule has 0 aliphatic heterocycles. The van der Waals surface area contributed by atoms with Gasteiger partial charge in [0.15, 0.2) is 0 Å². The number of hydrogen-bond acceptors (Lipinski definition) is 3. The van der Waals surface area contributed by atoms with Crippen LogP contribution >= 0.6 is 0 Å². The van der Waals surface area contributed by atoms with Crippen molar-refractivity contribution in [3.8, 4) is 0 Å². The standard InChI is InChI=1S/C15H20O3/c1-3-11(2)15(16)18-9-8-17-14-10-12-6-4-5-7-13(12)14/h4-7,11,14H,3,8-10H2,1-2H3. The second kappa shape index (κ2) is 6.01. The molecule has 1 aliphatic rings. The van der Waals surface area contributed by atoms with E-state index in [1.54, 1.807) is 0 Å². The maximum Gasteiger partial charge on any atom is 0.308 e. The van der Waals surface area contributed by atoms with Crippen molar-refractivity contribution in [1.82, 2.24) is 0 Å². The summed E-state index contributed by atoms with van der Waals surface area (Å²) >= 11 is 0. The van der Waals surface area contributed by atoms with Crippen molar-refractivity contribution in [3.05, 3.63) is 35.4 Å². The van der Waals surface area contributed by atoms with E-state index in [0.29, 0.717) is 13.2 Å². The minimum Gasteiger partial charge on any atom is -0.463 e. The molecule has 0 spiro atoms. The number of esters is 1. The van der Waals surface area contributed by atoms with Gasteiger partial charge >= 0.3 is 5.97 Å². The Hall–Kier alpha value is -1.35. The summed E-state index contributed by atoms with van der Waals surface area (Å²) in [4.78, 5) is 11.4. The molecular weight excluding hydrogens is 228 g/mol. The van der Waals surface area contributed by atoms with Crippen molar-refractivity contribution in [3.63, 3.8) is 0 Å². The van der Waals surface area contributed by atoms with E-state index in [1.807, 2.05) is 26.0 Å². The van der Waals surface area contributed by atoms with E-state index in [-0.39, 0.29) is 18.0 Å². The predicted octanol–water partition coefficient (Wildman–Crippen LogP) is 2.89. The van der Waals surface area contributed by atoms with E-state index in [9.17, 15) is 4.79 Å². The summed E-state index contributed by atoms with van der Waals surface area (Å²) in [7, 11) is 0. The second-order valence-corrected chi connectivity index (χ2v) is 4.74. The Morgan fingerprint density at radius 3 is 2.89 bits per heavy atom. The van der Waals surface area contributed by atoms with Gasteiger partial charge in [-0.3, -0.25) is 4.79 Å². The van der Waals surface area contributed by atoms with Crippen LogP contribution < -0.4 is 0 Å². The molecule has 0 aromatic heterocycles. The molecule has 2 unspecified atom stereocenters. The van der Waals surface area contributed by atoms with E-state index in [0.717, 1.165) is 12.8 Å². The van der Waals surface area contributed by atoms with E-state index in [2.05, 4.69) is 12.1 Å². The molecule has 0 heterocycles. The number of benzene rings is 1. The van der Waals surface area contributed by atoms with E-state index >= 15 is 0 Å². The molecule has 0 fully saturated rings. The van der Waals surface area contributed by atoms with Crippen LogP contribution in [0.5, 0.6) is 0 Å². The lowest BCUT2D eigenvalue weighted by atomic mass is 9.85. The van der Waals surface area contributed by atoms with Crippen LogP contribution in [-0.4, -0.2) is 19.2 Å². The van der Waals surface area contributed by atoms with Crippen molar-refractivity contribution in [2.24, 2.45) is 5.92 Å². The normalized spacial score (nSPS) is 18.7. The fraction of sp³-hybridized carbons (Fsp3) is 0.533. The molecule has 0 saturated heterocycles. The third kappa shape index (κ3) is 2.91. The number of carbonyl (C=O) groups excluding carboxylic acids is 1. The van der Waals surface area contributed by atoms with Gasteiger partial charge in [-0.15, -0.1) is 0 Å². The van der Waals surface area contributed by atoms with E-state index in [4.69, 9.17) is 9.47 Å². The van der Waals surface area contributed by atoms with Gasteiger partial charge < -0.3 is 9.47 Å². The fourth-order valence-electron chi connectivity index (χ4n) is 2.00. The van der Waals surface area contributed by atoms with Gasteiger partial charge in [0, 0.05) is 6.42 Å². The third-order valence-electron chi connectivity index (χ3n) is 3.47. The van der Waals surface area contributed by atoms with Gasteiger partial charge in [-0.05, 0) is 17.5 Å². The molecule has 1 aliphatic carbocycles. The number of rotatable bonds is 6. The molecule has 0 bridgehead atoms. The van der Waals surface area contributed by atoms with Crippen molar-refractivity contribution >= 4 is 5.97 Å². The van der Waals surface area contributed by atoms with Crippen LogP contribution in [0.2, 0.25) is 0 Å². The van der Waals surface area contributed by atoms with Gasteiger partial charge in [0.25, 0.3) is 0 Å². The summed E-state index contributed by atoms with van der Waals surface area (Å²) in [5, 5.41) is 0. The SMILES string of the molecule is CCC(C)C(=O)OCCOC1Cc2ccccc21. The Morgan fingerprint density at radius 2 is 2.17 bits per heavy atom. The zero-order valence-electron chi connectivity index (χ0n) is 11.0. The summed E-state index contributed by atoms with van der Waals surface area (Å²) in [6, 6.07) is 8.28. The first-order valence-electron chi connectivity index (χ1n) is 6.58. The summed E-state index contributed by atoms with van der Waals surface area (Å²) < 4.78 is 10.8. The Bertz CT molecular complexity index is 414. The highest BCUT2D eigenvalue weighted by Crippen LogP contribution is 2.35. The number of carbonyl (C=O) groups is 1. The smallest absolute Gasteiger partial charge is 0.308 e. The van der Waals surface area contributed by atoms with Crippen molar-refractivity contribution in [2.45, 2.75) is 32.8 Å². The molecule has 2 atom stereocenters. The molecule has 1 aromatic rings. The quantitative estimate of drug-likeness (QED) is 0.573. The highest BCUT2D eigenvalue weighted by atomic mass is 16.6. The van der Waals surface area contributed by atoms with Gasteiger partial charge in [-0.25, -0.2) is 0 Å². The monoisotopic (exact) mass is 248 g/mol. The first-order valence-corrected chi connectivity index (χ1v) is 6.58. The molecule has 0 radical (unpaired) electrons. The molecule has 0 amide bonds. The minimum atomic E-state index is -0.130. The summed E-state index contributed by atoms with van der Waals surface area (Å²) in [6.45, 7) is 4.68. The lowest BCUT2D eigenvalue weighted by molar-refractivity contribution is -0.150. The molecule has 0 saturated carbocycles. The predicted molar refractivity (Wildman–Crippen MR) is 69.3 cm³/mol. The van der Waals surface area contributed by atoms with Gasteiger partial charge in [0.05, 0.1) is 18.6 Å². The Balaban J connectivity index is 1.65. The number of fused-ring (bicyclic) bond motifs is 1. The van der Waals surface area contributed by atoms with Crippen molar-refractivity contribution < 1.29 is 14.3 Å². The van der Waals surface area contributed by atoms with Crippen LogP contribution in [0.25, 0.3) is 0 Å². The Morgan fingerprint density at radius 1 is 1.39 bits per heavy atom. The van der Waals surface area contributed by atoms with Crippen molar-refractivity contribution in [1.29, 1.82) is 0 Å². The van der Waals surface area contributed by atoms with Crippen LogP contribution in [0.4, 0.5) is 0 Å². The Kier molecular flexibility index (Phi) is 4.37. The minimum absolute atomic E-state index is 0.0190.